The Morgan fingerprint density at radius 2 is 1.80 bits per heavy atom. The van der Waals surface area contributed by atoms with Gasteiger partial charge in [-0.2, -0.15) is 0 Å². The lowest BCUT2D eigenvalue weighted by atomic mass is 10.2. The normalized spacial score (nSPS) is 10.2. The zero-order valence-corrected chi connectivity index (χ0v) is 12.9. The van der Waals surface area contributed by atoms with Gasteiger partial charge in [-0.3, -0.25) is 0 Å². The number of nitrogens with one attached hydrogen (secondary N) is 2. The smallest absolute Gasteiger partial charge is 0.175 e. The van der Waals surface area contributed by atoms with E-state index in [0.717, 1.165) is 11.3 Å². The Balaban J connectivity index is 2.03. The van der Waals surface area contributed by atoms with Gasteiger partial charge in [-0.1, -0.05) is 6.07 Å². The van der Waals surface area contributed by atoms with Crippen LogP contribution in [0.25, 0.3) is 0 Å². The van der Waals surface area contributed by atoms with Gasteiger partial charge >= 0.3 is 0 Å². The molecule has 0 fully saturated rings. The lowest BCUT2D eigenvalue weighted by Crippen LogP contribution is -2.19. The minimum atomic E-state index is -0.322. The van der Waals surface area contributed by atoms with Crippen molar-refractivity contribution in [3.05, 3.63) is 53.8 Å². The van der Waals surface area contributed by atoms with Gasteiger partial charge in [-0.25, -0.2) is 4.39 Å². The number of aryl methyl sites for hydroxylation is 1. The Labute approximate surface area is 127 Å². The second-order valence-corrected chi connectivity index (χ2v) is 5.58. The van der Waals surface area contributed by atoms with Crippen molar-refractivity contribution in [2.24, 2.45) is 0 Å². The first-order valence-electron chi connectivity index (χ1n) is 6.06. The topological polar surface area (TPSA) is 24.1 Å². The molecule has 0 saturated heterocycles. The Kier molecular flexibility index (Phi) is 4.98. The first kappa shape index (κ1) is 14.8. The van der Waals surface area contributed by atoms with Crippen LogP contribution in [0.1, 0.15) is 5.56 Å². The van der Waals surface area contributed by atoms with Gasteiger partial charge in [-0.15, -0.1) is 11.8 Å². The van der Waals surface area contributed by atoms with E-state index in [1.807, 2.05) is 37.4 Å². The fourth-order valence-electron chi connectivity index (χ4n) is 1.69. The molecule has 0 amide bonds. The number of rotatable bonds is 3. The maximum atomic E-state index is 13.6. The Hall–Kier alpha value is -1.59. The van der Waals surface area contributed by atoms with Crippen LogP contribution in [-0.2, 0) is 0 Å². The number of anilines is 2. The van der Waals surface area contributed by atoms with Crippen molar-refractivity contribution in [1.82, 2.24) is 0 Å². The highest BCUT2D eigenvalue weighted by Crippen LogP contribution is 2.19. The van der Waals surface area contributed by atoms with Crippen LogP contribution in [0, 0.1) is 12.7 Å². The van der Waals surface area contributed by atoms with Crippen LogP contribution in [0.5, 0.6) is 0 Å². The molecule has 0 atom stereocenters. The molecule has 0 unspecified atom stereocenters. The number of thiocarbonyl (C=S) groups is 1. The molecule has 2 nitrogen and oxygen atoms in total. The number of benzene rings is 2. The molecule has 0 aliphatic carbocycles. The summed E-state index contributed by atoms with van der Waals surface area (Å²) < 4.78 is 13.6. The van der Waals surface area contributed by atoms with Crippen LogP contribution in [0.4, 0.5) is 15.8 Å². The maximum absolute atomic E-state index is 13.6. The van der Waals surface area contributed by atoms with Crippen molar-refractivity contribution in [3.63, 3.8) is 0 Å². The molecule has 0 aromatic heterocycles. The molecule has 0 aliphatic heterocycles. The summed E-state index contributed by atoms with van der Waals surface area (Å²) in [5.74, 6) is -0.322. The van der Waals surface area contributed by atoms with E-state index < -0.39 is 0 Å². The minimum Gasteiger partial charge on any atom is -0.332 e. The molecule has 0 saturated carbocycles. The van der Waals surface area contributed by atoms with E-state index in [9.17, 15) is 4.39 Å². The van der Waals surface area contributed by atoms with Crippen LogP contribution in [0.2, 0.25) is 0 Å². The molecule has 104 valence electrons. The molecular formula is C15H15FN2S2. The van der Waals surface area contributed by atoms with Crippen LogP contribution in [0.15, 0.2) is 47.4 Å². The van der Waals surface area contributed by atoms with Gasteiger partial charge in [0.25, 0.3) is 0 Å². The van der Waals surface area contributed by atoms with Crippen molar-refractivity contribution < 1.29 is 4.39 Å². The van der Waals surface area contributed by atoms with E-state index >= 15 is 0 Å². The summed E-state index contributed by atoms with van der Waals surface area (Å²) in [7, 11) is 0. The van der Waals surface area contributed by atoms with Gasteiger partial charge in [0.2, 0.25) is 0 Å². The summed E-state index contributed by atoms with van der Waals surface area (Å²) in [6.45, 7) is 1.90. The van der Waals surface area contributed by atoms with Crippen molar-refractivity contribution in [1.29, 1.82) is 0 Å². The lowest BCUT2D eigenvalue weighted by Gasteiger charge is -2.12. The zero-order chi connectivity index (χ0) is 14.5. The predicted octanol–water partition coefficient (Wildman–Crippen LogP) is 4.66. The van der Waals surface area contributed by atoms with Crippen LogP contribution < -0.4 is 10.6 Å². The summed E-state index contributed by atoms with van der Waals surface area (Å²) in [6, 6.07) is 12.7. The van der Waals surface area contributed by atoms with Gasteiger partial charge in [0.05, 0.1) is 5.69 Å². The second-order valence-electron chi connectivity index (χ2n) is 4.29. The van der Waals surface area contributed by atoms with Gasteiger partial charge in [0.15, 0.2) is 5.11 Å². The number of thioether (sulfide) groups is 1. The van der Waals surface area contributed by atoms with Crippen molar-refractivity contribution in [2.75, 3.05) is 16.9 Å². The quantitative estimate of drug-likeness (QED) is 0.636. The molecule has 2 N–H and O–H groups in total. The fraction of sp³-hybridized carbons (Fsp3) is 0.133. The maximum Gasteiger partial charge on any atom is 0.175 e. The van der Waals surface area contributed by atoms with Crippen LogP contribution in [-0.4, -0.2) is 11.4 Å². The molecule has 5 heteroatoms. The first-order valence-corrected chi connectivity index (χ1v) is 7.70. The third kappa shape index (κ3) is 3.95. The molecular weight excluding hydrogens is 291 g/mol. The molecule has 0 spiro atoms. The van der Waals surface area contributed by atoms with E-state index in [0.29, 0.717) is 10.8 Å². The van der Waals surface area contributed by atoms with Crippen LogP contribution in [0.3, 0.4) is 0 Å². The first-order chi connectivity index (χ1) is 9.58. The summed E-state index contributed by atoms with van der Waals surface area (Å²) in [5.41, 5.74) is 2.22. The molecule has 0 heterocycles. The summed E-state index contributed by atoms with van der Waals surface area (Å²) in [4.78, 5) is 1.18. The Bertz CT molecular complexity index is 612. The fourth-order valence-corrected chi connectivity index (χ4v) is 2.33. The van der Waals surface area contributed by atoms with E-state index in [2.05, 4.69) is 10.6 Å². The standard InChI is InChI=1S/C15H15FN2S2/c1-10-3-8-13(16)14(9-10)18-15(19)17-11-4-6-12(20-2)7-5-11/h3-9H,1-2H3,(H2,17,18,19). The third-order valence-electron chi connectivity index (χ3n) is 2.72. The van der Waals surface area contributed by atoms with Gasteiger partial charge in [0.1, 0.15) is 5.82 Å². The van der Waals surface area contributed by atoms with E-state index in [1.54, 1.807) is 23.9 Å². The number of hydrogen-bond acceptors (Lipinski definition) is 2. The Morgan fingerprint density at radius 1 is 1.10 bits per heavy atom. The summed E-state index contributed by atoms with van der Waals surface area (Å²) in [6.07, 6.45) is 2.02. The average molecular weight is 306 g/mol. The van der Waals surface area contributed by atoms with Gasteiger partial charge in [-0.05, 0) is 67.4 Å². The van der Waals surface area contributed by atoms with Crippen molar-refractivity contribution in [3.8, 4) is 0 Å². The SMILES string of the molecule is CSc1ccc(NC(=S)Nc2cc(C)ccc2F)cc1. The number of halogens is 1. The van der Waals surface area contributed by atoms with Gasteiger partial charge in [0, 0.05) is 10.6 Å². The highest BCUT2D eigenvalue weighted by Gasteiger charge is 2.04. The van der Waals surface area contributed by atoms with Gasteiger partial charge < -0.3 is 10.6 Å². The molecule has 2 rings (SSSR count). The number of hydrogen-bond donors (Lipinski definition) is 2. The summed E-state index contributed by atoms with van der Waals surface area (Å²) in [5, 5.41) is 6.27. The molecule has 20 heavy (non-hydrogen) atoms. The predicted molar refractivity (Wildman–Crippen MR) is 89.2 cm³/mol. The van der Waals surface area contributed by atoms with Crippen LogP contribution >= 0.6 is 24.0 Å². The molecule has 2 aromatic rings. The van der Waals surface area contributed by atoms with Crippen molar-refractivity contribution in [2.45, 2.75) is 11.8 Å². The lowest BCUT2D eigenvalue weighted by molar-refractivity contribution is 0.632. The third-order valence-corrected chi connectivity index (χ3v) is 3.67. The average Bonchev–Trinajstić information content (AvgIpc) is 2.43. The van der Waals surface area contributed by atoms with E-state index in [1.165, 1.54) is 11.0 Å². The molecule has 0 radical (unpaired) electrons. The minimum absolute atomic E-state index is 0.322. The molecule has 0 aliphatic rings. The van der Waals surface area contributed by atoms with Crippen molar-refractivity contribution >= 4 is 40.5 Å². The highest BCUT2D eigenvalue weighted by atomic mass is 32.2. The van der Waals surface area contributed by atoms with E-state index in [-0.39, 0.29) is 5.82 Å². The molecule has 0 bridgehead atoms. The largest absolute Gasteiger partial charge is 0.332 e. The zero-order valence-electron chi connectivity index (χ0n) is 11.2. The highest BCUT2D eigenvalue weighted by molar-refractivity contribution is 7.98. The Morgan fingerprint density at radius 3 is 2.45 bits per heavy atom. The second kappa shape index (κ2) is 6.72. The monoisotopic (exact) mass is 306 g/mol. The van der Waals surface area contributed by atoms with E-state index in [4.69, 9.17) is 12.2 Å². The summed E-state index contributed by atoms with van der Waals surface area (Å²) >= 11 is 6.86. The molecule has 2 aromatic carbocycles.